The van der Waals surface area contributed by atoms with E-state index in [9.17, 15) is 50.8 Å². The fourth-order valence-corrected chi connectivity index (χ4v) is 4.17. The number of amides is 4. The van der Waals surface area contributed by atoms with E-state index in [0.29, 0.717) is 11.3 Å². The van der Waals surface area contributed by atoms with Crippen molar-refractivity contribution in [3.05, 3.63) is 0 Å². The highest BCUT2D eigenvalue weighted by Crippen LogP contribution is 2.54. The molecule has 0 aliphatic heterocycles. The van der Waals surface area contributed by atoms with Crippen LogP contribution in [0.1, 0.15) is 52.4 Å². The largest absolute Gasteiger partial charge is 0.417 e. The maximum absolute atomic E-state index is 13.3. The number of unbranched alkanes of at least 4 members (excludes halogenated alkanes) is 1. The highest BCUT2D eigenvalue weighted by Gasteiger charge is 2.56. The molecule has 1 rings (SSSR count). The Kier molecular flexibility index (Phi) is 10.8. The Balaban J connectivity index is 3.01. The van der Waals surface area contributed by atoms with E-state index >= 15 is 0 Å². The molecular formula is C22H31F6N5O4. The number of nitrogens with one attached hydrogen (secondary N) is 2. The second kappa shape index (κ2) is 12.5. The Morgan fingerprint density at radius 2 is 1.76 bits per heavy atom. The summed E-state index contributed by atoms with van der Waals surface area (Å²) in [4.78, 5) is 48.7. The van der Waals surface area contributed by atoms with Gasteiger partial charge in [0.15, 0.2) is 0 Å². The van der Waals surface area contributed by atoms with Gasteiger partial charge in [-0.3, -0.25) is 19.2 Å². The molecule has 0 radical (unpaired) electrons. The van der Waals surface area contributed by atoms with Crippen LogP contribution in [0.3, 0.4) is 0 Å². The zero-order chi connectivity index (χ0) is 28.8. The van der Waals surface area contributed by atoms with E-state index in [2.05, 4.69) is 5.32 Å². The molecule has 0 aromatic rings. The monoisotopic (exact) mass is 543 g/mol. The van der Waals surface area contributed by atoms with Gasteiger partial charge >= 0.3 is 12.4 Å². The third-order valence-corrected chi connectivity index (χ3v) is 6.47. The lowest BCUT2D eigenvalue weighted by Crippen LogP contribution is -2.59. The van der Waals surface area contributed by atoms with Crippen LogP contribution in [0.15, 0.2) is 0 Å². The number of hydrogen-bond acceptors (Lipinski definition) is 5. The topological polar surface area (TPSA) is 145 Å². The minimum atomic E-state index is -5.14. The summed E-state index contributed by atoms with van der Waals surface area (Å²) in [5.74, 6) is -5.04. The van der Waals surface area contributed by atoms with Gasteiger partial charge in [-0.2, -0.15) is 31.6 Å². The van der Waals surface area contributed by atoms with Crippen molar-refractivity contribution in [1.29, 1.82) is 5.26 Å². The molecule has 1 aliphatic carbocycles. The van der Waals surface area contributed by atoms with Crippen LogP contribution in [0.25, 0.3) is 0 Å². The molecular weight excluding hydrogens is 512 g/mol. The molecule has 1 saturated carbocycles. The number of nitrogens with zero attached hydrogens (tertiary/aromatic N) is 2. The minimum absolute atomic E-state index is 0.0160. The normalized spacial score (nSPS) is 19.9. The molecule has 0 aromatic carbocycles. The van der Waals surface area contributed by atoms with Gasteiger partial charge in [0.1, 0.15) is 12.1 Å². The summed E-state index contributed by atoms with van der Waals surface area (Å²) >= 11 is 0. The maximum atomic E-state index is 13.3. The van der Waals surface area contributed by atoms with E-state index in [-0.39, 0.29) is 32.1 Å². The van der Waals surface area contributed by atoms with E-state index in [1.165, 1.54) is 5.32 Å². The number of hydrogen-bond donors (Lipinski definition) is 3. The lowest BCUT2D eigenvalue weighted by atomic mass is 9.93. The smallest absolute Gasteiger partial charge is 0.369 e. The molecule has 1 fully saturated rings. The van der Waals surface area contributed by atoms with Crippen LogP contribution in [-0.2, 0) is 19.2 Å². The Hall–Kier alpha value is -3.05. The van der Waals surface area contributed by atoms with Gasteiger partial charge in [0.05, 0.1) is 6.07 Å². The first-order valence-corrected chi connectivity index (χ1v) is 11.4. The van der Waals surface area contributed by atoms with Gasteiger partial charge in [0, 0.05) is 19.4 Å². The van der Waals surface area contributed by atoms with Crippen molar-refractivity contribution in [1.82, 2.24) is 15.5 Å². The molecule has 0 bridgehead atoms. The predicted molar refractivity (Wildman–Crippen MR) is 117 cm³/mol. The Morgan fingerprint density at radius 3 is 2.16 bits per heavy atom. The molecule has 0 heterocycles. The summed E-state index contributed by atoms with van der Waals surface area (Å²) in [6, 6.07) is -3.94. The third-order valence-electron chi connectivity index (χ3n) is 6.47. The van der Waals surface area contributed by atoms with E-state index < -0.39 is 71.9 Å². The second-order valence-corrected chi connectivity index (χ2v) is 9.84. The van der Waals surface area contributed by atoms with Gasteiger partial charge < -0.3 is 21.3 Å². The number of alkyl halides is 6. The molecule has 15 heteroatoms. The number of halogens is 6. The number of carbonyl (C=O) groups is 4. The summed E-state index contributed by atoms with van der Waals surface area (Å²) in [5, 5.41) is 13.2. The summed E-state index contributed by atoms with van der Waals surface area (Å²) < 4.78 is 76.9. The summed E-state index contributed by atoms with van der Waals surface area (Å²) in [5.41, 5.74) is 4.79. The number of nitrogens with two attached hydrogens (primary N) is 1. The first kappa shape index (κ1) is 32.0. The molecule has 5 atom stereocenters. The Bertz CT molecular complexity index is 886. The van der Waals surface area contributed by atoms with E-state index in [4.69, 9.17) is 5.73 Å². The molecule has 1 aliphatic rings. The Labute approximate surface area is 210 Å². The molecule has 4 amide bonds. The van der Waals surface area contributed by atoms with Crippen LogP contribution in [0.4, 0.5) is 26.3 Å². The van der Waals surface area contributed by atoms with Crippen LogP contribution >= 0.6 is 0 Å². The first-order chi connectivity index (χ1) is 16.9. The number of primary amides is 1. The third kappa shape index (κ3) is 9.73. The number of likely N-dealkylation sites (N-methyl/N-ethyl adjacent to an activating group) is 1. The van der Waals surface area contributed by atoms with Crippen LogP contribution in [0.2, 0.25) is 0 Å². The standard InChI is InChI=1S/C22H31F6N5O4/c1-20(2)9-14(20)15(33(3)19(37)16(31-11-34)22(26,27)28)18(36)32-13(10-29)8-12(17(30)35)6-4-5-7-21(23,24)25/h11-16H,4-9H2,1-3H3,(H2,30,35)(H,31,34)(H,32,36)/t12-,13-,14-,15-,16+/m0/s1. The molecule has 0 unspecified atom stereocenters. The van der Waals surface area contributed by atoms with Gasteiger partial charge in [-0.1, -0.05) is 20.3 Å². The summed E-state index contributed by atoms with van der Waals surface area (Å²) in [7, 11) is 0.973. The van der Waals surface area contributed by atoms with Gasteiger partial charge in [-0.25, -0.2) is 0 Å². The molecule has 0 spiro atoms. The van der Waals surface area contributed by atoms with Gasteiger partial charge in [0.2, 0.25) is 24.3 Å². The highest BCUT2D eigenvalue weighted by molar-refractivity contribution is 5.91. The Morgan fingerprint density at radius 1 is 1.19 bits per heavy atom. The zero-order valence-corrected chi connectivity index (χ0v) is 20.6. The lowest BCUT2D eigenvalue weighted by molar-refractivity contribution is -0.178. The van der Waals surface area contributed by atoms with Crippen molar-refractivity contribution >= 4 is 24.1 Å². The quantitative estimate of drug-likeness (QED) is 0.175. The highest BCUT2D eigenvalue weighted by atomic mass is 19.4. The average Bonchev–Trinajstić information content (AvgIpc) is 3.37. The number of carbonyl (C=O) groups excluding carboxylic acids is 4. The molecule has 0 saturated heterocycles. The fraction of sp³-hybridized carbons (Fsp3) is 0.773. The second-order valence-electron chi connectivity index (χ2n) is 9.84. The van der Waals surface area contributed by atoms with E-state index in [0.717, 1.165) is 7.05 Å². The fourth-order valence-electron chi connectivity index (χ4n) is 4.17. The van der Waals surface area contributed by atoms with Crippen molar-refractivity contribution in [3.8, 4) is 6.07 Å². The van der Waals surface area contributed by atoms with Gasteiger partial charge in [-0.15, -0.1) is 0 Å². The van der Waals surface area contributed by atoms with Gasteiger partial charge in [0.25, 0.3) is 5.91 Å². The average molecular weight is 544 g/mol. The van der Waals surface area contributed by atoms with Crippen molar-refractivity contribution < 1.29 is 45.5 Å². The zero-order valence-electron chi connectivity index (χ0n) is 20.6. The van der Waals surface area contributed by atoms with Crippen molar-refractivity contribution in [2.45, 2.75) is 82.9 Å². The van der Waals surface area contributed by atoms with Crippen LogP contribution < -0.4 is 16.4 Å². The number of nitriles is 1. The van der Waals surface area contributed by atoms with E-state index in [1.807, 2.05) is 0 Å². The maximum Gasteiger partial charge on any atom is 0.417 e. The SMILES string of the molecule is CN(C(=O)[C@@H](NC=O)C(F)(F)F)[C@H](C(=O)N[C@H](C#N)C[C@H](CCCCC(F)(F)F)C(N)=O)[C@@H]1CC1(C)C. The summed E-state index contributed by atoms with van der Waals surface area (Å²) in [6.45, 7) is 3.46. The van der Waals surface area contributed by atoms with Crippen molar-refractivity contribution in [2.75, 3.05) is 7.05 Å². The molecule has 0 aromatic heterocycles. The molecule has 37 heavy (non-hydrogen) atoms. The lowest BCUT2D eigenvalue weighted by Gasteiger charge is -2.32. The molecule has 9 nitrogen and oxygen atoms in total. The van der Waals surface area contributed by atoms with Gasteiger partial charge in [-0.05, 0) is 37.0 Å². The van der Waals surface area contributed by atoms with E-state index in [1.54, 1.807) is 19.9 Å². The first-order valence-electron chi connectivity index (χ1n) is 11.4. The van der Waals surface area contributed by atoms with Crippen molar-refractivity contribution in [3.63, 3.8) is 0 Å². The van der Waals surface area contributed by atoms with Crippen LogP contribution in [-0.4, -0.2) is 66.6 Å². The predicted octanol–water partition coefficient (Wildman–Crippen LogP) is 2.16. The summed E-state index contributed by atoms with van der Waals surface area (Å²) in [6.07, 6.45) is -11.2. The minimum Gasteiger partial charge on any atom is -0.369 e. The van der Waals surface area contributed by atoms with Crippen LogP contribution in [0, 0.1) is 28.6 Å². The van der Waals surface area contributed by atoms with Crippen molar-refractivity contribution in [2.24, 2.45) is 23.0 Å². The van der Waals surface area contributed by atoms with Crippen LogP contribution in [0.5, 0.6) is 0 Å². The number of rotatable bonds is 14. The molecule has 210 valence electrons. The molecule has 4 N–H and O–H groups in total.